The molecule has 3 heteroatoms. The fraction of sp³-hybridized carbons (Fsp3) is 0.231. The van der Waals surface area contributed by atoms with E-state index >= 15 is 0 Å². The molecule has 1 aromatic heterocycles. The number of nitrogens with two attached hydrogens (primary N) is 1. The van der Waals surface area contributed by atoms with Crippen LogP contribution in [-0.4, -0.2) is 11.1 Å². The van der Waals surface area contributed by atoms with Gasteiger partial charge in [-0.05, 0) is 49.2 Å². The van der Waals surface area contributed by atoms with E-state index in [0.717, 1.165) is 22.7 Å². The lowest BCUT2D eigenvalue weighted by Gasteiger charge is -2.08. The molecule has 0 amide bonds. The van der Waals surface area contributed by atoms with E-state index in [2.05, 4.69) is 22.9 Å². The van der Waals surface area contributed by atoms with Crippen molar-refractivity contribution in [2.24, 2.45) is 5.73 Å². The Bertz CT molecular complexity index is 488. The largest absolute Gasteiger partial charge is 0.330 e. The molecule has 0 saturated heterocycles. The van der Waals surface area contributed by atoms with Crippen molar-refractivity contribution in [3.8, 4) is 5.69 Å². The maximum absolute atomic E-state index is 6.10. The highest BCUT2D eigenvalue weighted by Gasteiger charge is 2.04. The van der Waals surface area contributed by atoms with E-state index in [1.54, 1.807) is 0 Å². The Morgan fingerprint density at radius 3 is 2.88 bits per heavy atom. The standard InChI is InChI=1S/C13H15ClN2/c1-10-12(14)3-2-4-13(10)16-8-6-11(9-16)5-7-15/h2-4,6,8-9H,5,7,15H2,1H3. The third-order valence-corrected chi connectivity index (χ3v) is 3.11. The molecule has 2 N–H and O–H groups in total. The van der Waals surface area contributed by atoms with Crippen LogP contribution in [0.2, 0.25) is 5.02 Å². The van der Waals surface area contributed by atoms with Crippen molar-refractivity contribution in [1.29, 1.82) is 0 Å². The summed E-state index contributed by atoms with van der Waals surface area (Å²) < 4.78 is 2.09. The third kappa shape index (κ3) is 2.13. The summed E-state index contributed by atoms with van der Waals surface area (Å²) in [6.07, 6.45) is 5.06. The lowest BCUT2D eigenvalue weighted by molar-refractivity contribution is 0.960. The molecule has 2 rings (SSSR count). The summed E-state index contributed by atoms with van der Waals surface area (Å²) in [5.41, 5.74) is 9.00. The first-order valence-corrected chi connectivity index (χ1v) is 5.72. The number of benzene rings is 1. The summed E-state index contributed by atoms with van der Waals surface area (Å²) in [4.78, 5) is 0. The number of aromatic nitrogens is 1. The second-order valence-electron chi connectivity index (χ2n) is 3.85. The number of nitrogens with zero attached hydrogens (tertiary/aromatic N) is 1. The minimum Gasteiger partial charge on any atom is -0.330 e. The van der Waals surface area contributed by atoms with E-state index in [9.17, 15) is 0 Å². The molecule has 0 unspecified atom stereocenters. The SMILES string of the molecule is Cc1c(Cl)cccc1-n1ccc(CCN)c1. The molecule has 0 spiro atoms. The molecule has 0 saturated carbocycles. The van der Waals surface area contributed by atoms with Crippen LogP contribution in [-0.2, 0) is 6.42 Å². The fourth-order valence-electron chi connectivity index (χ4n) is 1.78. The van der Waals surface area contributed by atoms with Crippen molar-refractivity contribution < 1.29 is 0 Å². The summed E-state index contributed by atoms with van der Waals surface area (Å²) >= 11 is 6.10. The molecule has 0 aliphatic rings. The lowest BCUT2D eigenvalue weighted by Crippen LogP contribution is -2.01. The molecule has 1 heterocycles. The van der Waals surface area contributed by atoms with Crippen LogP contribution in [0.3, 0.4) is 0 Å². The zero-order valence-electron chi connectivity index (χ0n) is 9.28. The molecule has 84 valence electrons. The van der Waals surface area contributed by atoms with E-state index < -0.39 is 0 Å². The second kappa shape index (κ2) is 4.73. The van der Waals surface area contributed by atoms with Crippen LogP contribution in [0, 0.1) is 6.92 Å². The molecule has 0 aliphatic heterocycles. The Labute approximate surface area is 101 Å². The van der Waals surface area contributed by atoms with E-state index in [1.165, 1.54) is 5.56 Å². The summed E-state index contributed by atoms with van der Waals surface area (Å²) in [7, 11) is 0. The highest BCUT2D eigenvalue weighted by atomic mass is 35.5. The third-order valence-electron chi connectivity index (χ3n) is 2.70. The topological polar surface area (TPSA) is 30.9 Å². The van der Waals surface area contributed by atoms with Crippen LogP contribution in [0.1, 0.15) is 11.1 Å². The van der Waals surface area contributed by atoms with Crippen LogP contribution in [0.15, 0.2) is 36.7 Å². The van der Waals surface area contributed by atoms with Crippen molar-refractivity contribution in [2.45, 2.75) is 13.3 Å². The van der Waals surface area contributed by atoms with E-state index in [1.807, 2.05) is 25.3 Å². The van der Waals surface area contributed by atoms with Crippen LogP contribution < -0.4 is 5.73 Å². The smallest absolute Gasteiger partial charge is 0.0493 e. The average Bonchev–Trinajstić information content (AvgIpc) is 2.71. The van der Waals surface area contributed by atoms with Crippen LogP contribution in [0.25, 0.3) is 5.69 Å². The summed E-state index contributed by atoms with van der Waals surface area (Å²) in [5.74, 6) is 0. The highest BCUT2D eigenvalue weighted by molar-refractivity contribution is 6.31. The van der Waals surface area contributed by atoms with Gasteiger partial charge in [0, 0.05) is 23.1 Å². The number of hydrogen-bond donors (Lipinski definition) is 1. The molecule has 0 fully saturated rings. The zero-order valence-corrected chi connectivity index (χ0v) is 10.0. The minimum atomic E-state index is 0.679. The second-order valence-corrected chi connectivity index (χ2v) is 4.26. The molecule has 1 aromatic carbocycles. The average molecular weight is 235 g/mol. The quantitative estimate of drug-likeness (QED) is 0.870. The molecule has 0 radical (unpaired) electrons. The maximum atomic E-state index is 6.10. The molecule has 16 heavy (non-hydrogen) atoms. The number of rotatable bonds is 3. The lowest BCUT2D eigenvalue weighted by atomic mass is 10.2. The van der Waals surface area contributed by atoms with Gasteiger partial charge in [-0.1, -0.05) is 17.7 Å². The van der Waals surface area contributed by atoms with Crippen molar-refractivity contribution in [3.63, 3.8) is 0 Å². The van der Waals surface area contributed by atoms with Gasteiger partial charge in [-0.3, -0.25) is 0 Å². The van der Waals surface area contributed by atoms with Crippen LogP contribution in [0.4, 0.5) is 0 Å². The van der Waals surface area contributed by atoms with Crippen molar-refractivity contribution >= 4 is 11.6 Å². The van der Waals surface area contributed by atoms with Gasteiger partial charge in [-0.2, -0.15) is 0 Å². The highest BCUT2D eigenvalue weighted by Crippen LogP contribution is 2.22. The predicted molar refractivity (Wildman–Crippen MR) is 68.3 cm³/mol. The van der Waals surface area contributed by atoms with Crippen molar-refractivity contribution in [3.05, 3.63) is 52.8 Å². The Kier molecular flexibility index (Phi) is 3.32. The first-order chi connectivity index (χ1) is 7.72. The Hall–Kier alpha value is -1.25. The molecule has 2 nitrogen and oxygen atoms in total. The van der Waals surface area contributed by atoms with E-state index in [0.29, 0.717) is 6.54 Å². The summed E-state index contributed by atoms with van der Waals surface area (Å²) in [6, 6.07) is 8.03. The monoisotopic (exact) mass is 234 g/mol. The van der Waals surface area contributed by atoms with Gasteiger partial charge in [-0.25, -0.2) is 0 Å². The Morgan fingerprint density at radius 1 is 1.31 bits per heavy atom. The van der Waals surface area contributed by atoms with E-state index in [4.69, 9.17) is 17.3 Å². The van der Waals surface area contributed by atoms with E-state index in [-0.39, 0.29) is 0 Å². The maximum Gasteiger partial charge on any atom is 0.0493 e. The Balaban J connectivity index is 2.39. The normalized spacial score (nSPS) is 10.7. The van der Waals surface area contributed by atoms with Gasteiger partial charge >= 0.3 is 0 Å². The molecular weight excluding hydrogens is 220 g/mol. The summed E-state index contributed by atoms with van der Waals surface area (Å²) in [5, 5.41) is 0.798. The van der Waals surface area contributed by atoms with Gasteiger partial charge < -0.3 is 10.3 Å². The van der Waals surface area contributed by atoms with Crippen LogP contribution >= 0.6 is 11.6 Å². The van der Waals surface area contributed by atoms with Crippen LogP contribution in [0.5, 0.6) is 0 Å². The molecule has 0 bridgehead atoms. The Morgan fingerprint density at radius 2 is 2.12 bits per heavy atom. The zero-order chi connectivity index (χ0) is 11.5. The van der Waals surface area contributed by atoms with Gasteiger partial charge in [-0.15, -0.1) is 0 Å². The van der Waals surface area contributed by atoms with Gasteiger partial charge in [0.1, 0.15) is 0 Å². The molecule has 0 aliphatic carbocycles. The first-order valence-electron chi connectivity index (χ1n) is 5.35. The fourth-order valence-corrected chi connectivity index (χ4v) is 1.95. The number of hydrogen-bond acceptors (Lipinski definition) is 1. The first kappa shape index (κ1) is 11.2. The van der Waals surface area contributed by atoms with Crippen molar-refractivity contribution in [1.82, 2.24) is 4.57 Å². The van der Waals surface area contributed by atoms with Crippen molar-refractivity contribution in [2.75, 3.05) is 6.54 Å². The van der Waals surface area contributed by atoms with Gasteiger partial charge in [0.15, 0.2) is 0 Å². The number of halogens is 1. The van der Waals surface area contributed by atoms with Gasteiger partial charge in [0.25, 0.3) is 0 Å². The van der Waals surface area contributed by atoms with Gasteiger partial charge in [0.2, 0.25) is 0 Å². The predicted octanol–water partition coefficient (Wildman–Crippen LogP) is 2.94. The van der Waals surface area contributed by atoms with Gasteiger partial charge in [0.05, 0.1) is 0 Å². The molecule has 0 atom stereocenters. The minimum absolute atomic E-state index is 0.679. The summed E-state index contributed by atoms with van der Waals surface area (Å²) in [6.45, 7) is 2.71. The molecular formula is C13H15ClN2. The molecule has 2 aromatic rings.